The van der Waals surface area contributed by atoms with E-state index in [0.717, 1.165) is 12.1 Å². The molecule has 184 valence electrons. The lowest BCUT2D eigenvalue weighted by atomic mass is 9.69. The number of carbonyl (C=O) groups is 3. The maximum atomic E-state index is 13.6. The minimum Gasteiger partial charge on any atom is -0.468 e. The lowest BCUT2D eigenvalue weighted by Crippen LogP contribution is -2.43. The van der Waals surface area contributed by atoms with Gasteiger partial charge in [0, 0.05) is 22.9 Å². The van der Waals surface area contributed by atoms with Crippen LogP contribution in [-0.2, 0) is 30.0 Å². The van der Waals surface area contributed by atoms with Crippen molar-refractivity contribution >= 4 is 17.7 Å². The van der Waals surface area contributed by atoms with Crippen molar-refractivity contribution in [2.24, 2.45) is 11.8 Å². The zero-order valence-electron chi connectivity index (χ0n) is 19.7. The number of ether oxygens (including phenoxy) is 2. The van der Waals surface area contributed by atoms with Gasteiger partial charge in [-0.2, -0.15) is 13.2 Å². The Morgan fingerprint density at radius 2 is 1.82 bits per heavy atom. The first-order valence-corrected chi connectivity index (χ1v) is 11.1. The van der Waals surface area contributed by atoms with E-state index < -0.39 is 47.4 Å². The number of alkyl halides is 3. The summed E-state index contributed by atoms with van der Waals surface area (Å²) in [6.45, 7) is 6.99. The van der Waals surface area contributed by atoms with Crippen molar-refractivity contribution in [2.45, 2.75) is 58.7 Å². The van der Waals surface area contributed by atoms with Crippen molar-refractivity contribution in [1.29, 1.82) is 0 Å². The summed E-state index contributed by atoms with van der Waals surface area (Å²) in [5, 5.41) is 3.12. The predicted molar refractivity (Wildman–Crippen MR) is 117 cm³/mol. The first kappa shape index (κ1) is 25.5. The van der Waals surface area contributed by atoms with Gasteiger partial charge < -0.3 is 14.8 Å². The number of rotatable bonds is 5. The number of benzene rings is 1. The molecule has 6 nitrogen and oxygen atoms in total. The van der Waals surface area contributed by atoms with Crippen LogP contribution in [-0.4, -0.2) is 30.9 Å². The summed E-state index contributed by atoms with van der Waals surface area (Å²) in [5.41, 5.74) is 0.776. The fraction of sp³-hybridized carbons (Fsp3) is 0.480. The number of ketones is 1. The summed E-state index contributed by atoms with van der Waals surface area (Å²) in [6.07, 6.45) is -4.04. The maximum absolute atomic E-state index is 13.6. The highest BCUT2D eigenvalue weighted by Crippen LogP contribution is 2.46. The Bertz CT molecular complexity index is 1060. The molecule has 0 bridgehead atoms. The van der Waals surface area contributed by atoms with E-state index in [2.05, 4.69) is 5.32 Å². The largest absolute Gasteiger partial charge is 0.468 e. The first-order chi connectivity index (χ1) is 15.9. The molecular formula is C25H28F3NO5. The van der Waals surface area contributed by atoms with Crippen molar-refractivity contribution in [2.75, 3.05) is 7.11 Å². The molecule has 1 aliphatic carbocycles. The molecule has 3 rings (SSSR count). The van der Waals surface area contributed by atoms with Gasteiger partial charge in [-0.25, -0.2) is 4.79 Å². The minimum absolute atomic E-state index is 0.130. The minimum atomic E-state index is -4.53. The van der Waals surface area contributed by atoms with E-state index in [0.29, 0.717) is 29.8 Å². The van der Waals surface area contributed by atoms with Crippen LogP contribution < -0.4 is 5.32 Å². The van der Waals surface area contributed by atoms with Gasteiger partial charge in [-0.1, -0.05) is 26.0 Å². The Hall–Kier alpha value is -3.10. The zero-order chi connectivity index (χ0) is 25.4. The molecule has 34 heavy (non-hydrogen) atoms. The molecule has 1 aromatic rings. The van der Waals surface area contributed by atoms with Crippen molar-refractivity contribution in [3.63, 3.8) is 0 Å². The average molecular weight is 479 g/mol. The van der Waals surface area contributed by atoms with E-state index in [1.54, 1.807) is 20.8 Å². The van der Waals surface area contributed by atoms with Crippen LogP contribution in [0.5, 0.6) is 0 Å². The summed E-state index contributed by atoms with van der Waals surface area (Å²) in [7, 11) is 1.19. The molecule has 9 heteroatoms. The number of hydrogen-bond donors (Lipinski definition) is 1. The number of allylic oxidation sites excluding steroid dienone is 3. The van der Waals surface area contributed by atoms with Crippen LogP contribution in [0.3, 0.4) is 0 Å². The second kappa shape index (κ2) is 9.64. The third-order valence-electron chi connectivity index (χ3n) is 6.42. The van der Waals surface area contributed by atoms with Gasteiger partial charge in [0.25, 0.3) is 0 Å². The molecule has 0 spiro atoms. The van der Waals surface area contributed by atoms with Gasteiger partial charge in [0.05, 0.1) is 24.4 Å². The Morgan fingerprint density at radius 1 is 1.21 bits per heavy atom. The van der Waals surface area contributed by atoms with Crippen LogP contribution in [0.15, 0.2) is 46.8 Å². The van der Waals surface area contributed by atoms with Crippen molar-refractivity contribution in [1.82, 2.24) is 5.32 Å². The average Bonchev–Trinajstić information content (AvgIpc) is 2.77. The smallest absolute Gasteiger partial charge is 0.416 e. The molecule has 4 atom stereocenters. The SMILES string of the molecule is CC[C@H](C)OC(=O)C1=C(C)NC2=C(C(=O)[C@H](C(=O)OC)[C@H](C)C2)[C@@H]1c1ccc(C(F)(F)F)cc1. The molecule has 0 unspecified atom stereocenters. The van der Waals surface area contributed by atoms with Gasteiger partial charge in [-0.15, -0.1) is 0 Å². The summed E-state index contributed by atoms with van der Waals surface area (Å²) < 4.78 is 49.8. The molecule has 0 amide bonds. The maximum Gasteiger partial charge on any atom is 0.416 e. The molecular weight excluding hydrogens is 451 g/mol. The summed E-state index contributed by atoms with van der Waals surface area (Å²) >= 11 is 0. The number of halogens is 3. The van der Waals surface area contributed by atoms with E-state index >= 15 is 0 Å². The van der Waals surface area contributed by atoms with Crippen LogP contribution in [0.25, 0.3) is 0 Å². The molecule has 1 aliphatic heterocycles. The second-order valence-electron chi connectivity index (χ2n) is 8.78. The van der Waals surface area contributed by atoms with Crippen LogP contribution in [0.1, 0.15) is 57.6 Å². The Kier molecular flexibility index (Phi) is 7.24. The molecule has 0 fully saturated rings. The Balaban J connectivity index is 2.17. The number of carbonyl (C=O) groups excluding carboxylic acids is 3. The third kappa shape index (κ3) is 4.74. The van der Waals surface area contributed by atoms with Gasteiger partial charge >= 0.3 is 18.1 Å². The summed E-state index contributed by atoms with van der Waals surface area (Å²) in [4.78, 5) is 39.2. The number of hydrogen-bond acceptors (Lipinski definition) is 6. The van der Waals surface area contributed by atoms with Gasteiger partial charge in [-0.05, 0) is 50.3 Å². The van der Waals surface area contributed by atoms with Gasteiger partial charge in [0.2, 0.25) is 0 Å². The van der Waals surface area contributed by atoms with Crippen LogP contribution in [0, 0.1) is 11.8 Å². The van der Waals surface area contributed by atoms with Crippen LogP contribution in [0.4, 0.5) is 13.2 Å². The Morgan fingerprint density at radius 3 is 2.35 bits per heavy atom. The van der Waals surface area contributed by atoms with Gasteiger partial charge in [0.15, 0.2) is 5.78 Å². The van der Waals surface area contributed by atoms with E-state index in [1.807, 2.05) is 6.92 Å². The normalized spacial score (nSPS) is 23.8. The quantitative estimate of drug-likeness (QED) is 0.489. The van der Waals surface area contributed by atoms with Crippen LogP contribution >= 0.6 is 0 Å². The first-order valence-electron chi connectivity index (χ1n) is 11.1. The lowest BCUT2D eigenvalue weighted by molar-refractivity contribution is -0.151. The topological polar surface area (TPSA) is 81.7 Å². The number of methoxy groups -OCH3 is 1. The molecule has 0 radical (unpaired) electrons. The highest BCUT2D eigenvalue weighted by molar-refractivity contribution is 6.12. The standard InChI is InChI=1S/C25H28F3NO5/c1-6-13(3)34-24(32)19-14(4)29-17-11-12(2)18(23(31)33-5)22(30)21(17)20(19)15-7-9-16(10-8-15)25(26,27)28/h7-10,12-13,18,20,29H,6,11H2,1-5H3/t12-,13+,18-,20-/m1/s1. The molecule has 0 saturated carbocycles. The number of nitrogens with one attached hydrogen (secondary N) is 1. The monoisotopic (exact) mass is 479 g/mol. The van der Waals surface area contributed by atoms with Crippen molar-refractivity contribution < 1.29 is 37.0 Å². The molecule has 2 aliphatic rings. The van der Waals surface area contributed by atoms with E-state index in [4.69, 9.17) is 9.47 Å². The number of dihydropyridines is 1. The second-order valence-corrected chi connectivity index (χ2v) is 8.78. The van der Waals surface area contributed by atoms with E-state index in [1.165, 1.54) is 19.2 Å². The highest BCUT2D eigenvalue weighted by atomic mass is 19.4. The number of Topliss-reactive ketones (excluding diaryl/α,β-unsaturated/α-hetero) is 1. The van der Waals surface area contributed by atoms with Gasteiger partial charge in [0.1, 0.15) is 5.92 Å². The van der Waals surface area contributed by atoms with E-state index in [-0.39, 0.29) is 17.1 Å². The lowest BCUT2D eigenvalue weighted by Gasteiger charge is -2.38. The molecule has 1 aromatic carbocycles. The van der Waals surface area contributed by atoms with Gasteiger partial charge in [-0.3, -0.25) is 9.59 Å². The highest BCUT2D eigenvalue weighted by Gasteiger charge is 2.47. The predicted octanol–water partition coefficient (Wildman–Crippen LogP) is 4.66. The molecule has 0 saturated heterocycles. The molecule has 1 N–H and O–H groups in total. The van der Waals surface area contributed by atoms with Crippen molar-refractivity contribution in [3.05, 3.63) is 57.9 Å². The molecule has 1 heterocycles. The third-order valence-corrected chi connectivity index (χ3v) is 6.42. The number of esters is 2. The fourth-order valence-electron chi connectivity index (χ4n) is 4.48. The van der Waals surface area contributed by atoms with Crippen LogP contribution in [0.2, 0.25) is 0 Å². The molecule has 0 aromatic heterocycles. The summed E-state index contributed by atoms with van der Waals surface area (Å²) in [6, 6.07) is 4.34. The van der Waals surface area contributed by atoms with E-state index in [9.17, 15) is 27.6 Å². The summed E-state index contributed by atoms with van der Waals surface area (Å²) in [5.74, 6) is -4.29. The Labute approximate surface area is 196 Å². The van der Waals surface area contributed by atoms with Crippen molar-refractivity contribution in [3.8, 4) is 0 Å². The fourth-order valence-corrected chi connectivity index (χ4v) is 4.48. The zero-order valence-corrected chi connectivity index (χ0v) is 19.7.